The fourth-order valence-corrected chi connectivity index (χ4v) is 4.80. The molecule has 2 fully saturated rings. The van der Waals surface area contributed by atoms with Crippen molar-refractivity contribution < 1.29 is 14.3 Å². The number of nitrogens with zero attached hydrogens (tertiary/aromatic N) is 3. The van der Waals surface area contributed by atoms with Crippen LogP contribution in [0.25, 0.3) is 0 Å². The molecule has 0 aromatic heterocycles. The molecule has 2 amide bonds. The zero-order valence-electron chi connectivity index (χ0n) is 18.6. The molecule has 1 saturated carbocycles. The second-order valence-corrected chi connectivity index (χ2v) is 9.29. The Bertz CT molecular complexity index is 808. The summed E-state index contributed by atoms with van der Waals surface area (Å²) in [5.41, 5.74) is 6.28. The molecule has 3 aliphatic rings. The highest BCUT2D eigenvalue weighted by Crippen LogP contribution is 2.39. The molecule has 2 aliphatic heterocycles. The Kier molecular flexibility index (Phi) is 6.02. The molecule has 2 heterocycles. The lowest BCUT2D eigenvalue weighted by Crippen LogP contribution is -2.51. The maximum absolute atomic E-state index is 12.8. The molecule has 164 valence electrons. The van der Waals surface area contributed by atoms with Crippen molar-refractivity contribution in [3.05, 3.63) is 23.8 Å². The van der Waals surface area contributed by atoms with E-state index in [1.54, 1.807) is 16.7 Å². The lowest BCUT2D eigenvalue weighted by atomic mass is 9.85. The van der Waals surface area contributed by atoms with E-state index < -0.39 is 0 Å². The van der Waals surface area contributed by atoms with Crippen molar-refractivity contribution in [3.63, 3.8) is 0 Å². The third kappa shape index (κ3) is 4.18. The number of ether oxygens (including phenoxy) is 1. The number of carbonyl (C=O) groups is 2. The molecule has 1 aromatic rings. The topological polar surface area (TPSA) is 65.1 Å². The van der Waals surface area contributed by atoms with E-state index in [1.165, 1.54) is 24.8 Å². The molecule has 1 aromatic carbocycles. The van der Waals surface area contributed by atoms with Gasteiger partial charge in [-0.2, -0.15) is 0 Å². The van der Waals surface area contributed by atoms with Gasteiger partial charge in [-0.1, -0.05) is 12.5 Å². The molecule has 7 heteroatoms. The summed E-state index contributed by atoms with van der Waals surface area (Å²) in [6, 6.07) is 6.08. The van der Waals surface area contributed by atoms with Crippen LogP contribution in [0.4, 0.5) is 16.2 Å². The number of nitrogens with one attached hydrogen (secondary N) is 1. The first-order valence-corrected chi connectivity index (χ1v) is 11.2. The number of carbonyl (C=O) groups excluding carboxylic acids is 2. The second-order valence-electron chi connectivity index (χ2n) is 9.29. The molecule has 0 spiro atoms. The first-order chi connectivity index (χ1) is 14.3. The molecular weight excluding hydrogens is 380 g/mol. The highest BCUT2D eigenvalue weighted by molar-refractivity contribution is 6.02. The molecule has 30 heavy (non-hydrogen) atoms. The number of hydrazine groups is 1. The summed E-state index contributed by atoms with van der Waals surface area (Å²) in [5.74, 6) is 1.18. The van der Waals surface area contributed by atoms with Crippen LogP contribution in [0, 0.1) is 5.92 Å². The van der Waals surface area contributed by atoms with Gasteiger partial charge in [0.15, 0.2) is 0 Å². The van der Waals surface area contributed by atoms with Crippen LogP contribution in [-0.2, 0) is 9.53 Å². The first-order valence-electron chi connectivity index (χ1n) is 11.2. The third-order valence-corrected chi connectivity index (χ3v) is 6.51. The lowest BCUT2D eigenvalue weighted by Gasteiger charge is -2.40. The SMILES string of the molecule is CC(=O)N1c2ccc(C3CNN(CC4CCC4)C3)cc2N(C(=O)OC(C)C)C[C@@H]1C. The van der Waals surface area contributed by atoms with Gasteiger partial charge in [-0.3, -0.25) is 15.1 Å². The van der Waals surface area contributed by atoms with E-state index in [-0.39, 0.29) is 24.1 Å². The van der Waals surface area contributed by atoms with Crippen molar-refractivity contribution in [2.75, 3.05) is 36.0 Å². The second kappa shape index (κ2) is 8.55. The minimum atomic E-state index is -0.352. The zero-order valence-corrected chi connectivity index (χ0v) is 18.6. The fourth-order valence-electron chi connectivity index (χ4n) is 4.80. The van der Waals surface area contributed by atoms with E-state index in [1.807, 2.05) is 26.8 Å². The van der Waals surface area contributed by atoms with E-state index >= 15 is 0 Å². The average Bonchev–Trinajstić information content (AvgIpc) is 3.11. The van der Waals surface area contributed by atoms with Gasteiger partial charge in [0.05, 0.1) is 23.5 Å². The molecule has 1 aliphatic carbocycles. The minimum absolute atomic E-state index is 0.0115. The standard InChI is InChI=1S/C23H34N4O3/c1-15(2)30-23(29)26-12-16(3)27(17(4)28)21-9-8-19(10-22(21)26)20-11-24-25(14-20)13-18-6-5-7-18/h8-10,15-16,18,20,24H,5-7,11-14H2,1-4H3/t16-,20?/m0/s1. The molecule has 2 atom stereocenters. The Morgan fingerprint density at radius 2 is 1.97 bits per heavy atom. The van der Waals surface area contributed by atoms with Crippen LogP contribution >= 0.6 is 0 Å². The summed E-state index contributed by atoms with van der Waals surface area (Å²) >= 11 is 0. The minimum Gasteiger partial charge on any atom is -0.446 e. The third-order valence-electron chi connectivity index (χ3n) is 6.51. The summed E-state index contributed by atoms with van der Waals surface area (Å²) in [6.45, 7) is 10.7. The number of fused-ring (bicyclic) bond motifs is 1. The largest absolute Gasteiger partial charge is 0.446 e. The van der Waals surface area contributed by atoms with Gasteiger partial charge in [0.2, 0.25) is 5.91 Å². The highest BCUT2D eigenvalue weighted by atomic mass is 16.6. The van der Waals surface area contributed by atoms with Crippen LogP contribution in [-0.4, -0.2) is 55.3 Å². The van der Waals surface area contributed by atoms with Crippen LogP contribution in [0.1, 0.15) is 58.4 Å². The molecule has 1 N–H and O–H groups in total. The Hall–Kier alpha value is -2.12. The van der Waals surface area contributed by atoms with Crippen LogP contribution in [0.15, 0.2) is 18.2 Å². The van der Waals surface area contributed by atoms with Crippen molar-refractivity contribution in [2.45, 2.75) is 65.0 Å². The van der Waals surface area contributed by atoms with E-state index in [2.05, 4.69) is 22.6 Å². The molecule has 0 bridgehead atoms. The van der Waals surface area contributed by atoms with Crippen LogP contribution < -0.4 is 15.2 Å². The molecule has 1 saturated heterocycles. The number of benzene rings is 1. The van der Waals surface area contributed by atoms with Crippen LogP contribution in [0.5, 0.6) is 0 Å². The van der Waals surface area contributed by atoms with Crippen molar-refractivity contribution in [3.8, 4) is 0 Å². The lowest BCUT2D eigenvalue weighted by molar-refractivity contribution is -0.117. The van der Waals surface area contributed by atoms with Crippen molar-refractivity contribution >= 4 is 23.4 Å². The van der Waals surface area contributed by atoms with Crippen molar-refractivity contribution in [1.82, 2.24) is 10.4 Å². The van der Waals surface area contributed by atoms with Gasteiger partial charge >= 0.3 is 6.09 Å². The average molecular weight is 415 g/mol. The summed E-state index contributed by atoms with van der Waals surface area (Å²) in [5, 5.41) is 2.35. The predicted molar refractivity (Wildman–Crippen MR) is 118 cm³/mol. The van der Waals surface area contributed by atoms with Gasteiger partial charge in [-0.25, -0.2) is 9.80 Å². The van der Waals surface area contributed by atoms with E-state index in [0.717, 1.165) is 36.9 Å². The van der Waals surface area contributed by atoms with Crippen LogP contribution in [0.3, 0.4) is 0 Å². The molecule has 0 radical (unpaired) electrons. The summed E-state index contributed by atoms with van der Waals surface area (Å²) in [7, 11) is 0. The number of anilines is 2. The molecule has 4 rings (SSSR count). The maximum Gasteiger partial charge on any atom is 0.414 e. The zero-order chi connectivity index (χ0) is 21.4. The molecule has 7 nitrogen and oxygen atoms in total. The predicted octanol–water partition coefficient (Wildman–Crippen LogP) is 3.50. The number of hydrogen-bond donors (Lipinski definition) is 1. The summed E-state index contributed by atoms with van der Waals surface area (Å²) in [4.78, 5) is 28.6. The molecular formula is C23H34N4O3. The van der Waals surface area contributed by atoms with Gasteiger partial charge in [0.25, 0.3) is 0 Å². The van der Waals surface area contributed by atoms with Crippen molar-refractivity contribution in [2.24, 2.45) is 5.92 Å². The number of amides is 2. The van der Waals surface area contributed by atoms with Gasteiger partial charge in [0, 0.05) is 39.0 Å². The maximum atomic E-state index is 12.8. The Labute approximate surface area is 179 Å². The Morgan fingerprint density at radius 1 is 1.20 bits per heavy atom. The van der Waals surface area contributed by atoms with E-state index in [9.17, 15) is 9.59 Å². The van der Waals surface area contributed by atoms with Gasteiger partial charge in [0.1, 0.15) is 0 Å². The number of hydrogen-bond acceptors (Lipinski definition) is 5. The summed E-state index contributed by atoms with van der Waals surface area (Å²) in [6.07, 6.45) is 3.50. The Morgan fingerprint density at radius 3 is 2.60 bits per heavy atom. The van der Waals surface area contributed by atoms with Crippen molar-refractivity contribution in [1.29, 1.82) is 0 Å². The normalized spacial score (nSPS) is 24.7. The summed E-state index contributed by atoms with van der Waals surface area (Å²) < 4.78 is 5.50. The smallest absolute Gasteiger partial charge is 0.414 e. The fraction of sp³-hybridized carbons (Fsp3) is 0.652. The first kappa shape index (κ1) is 21.1. The quantitative estimate of drug-likeness (QED) is 0.817. The monoisotopic (exact) mass is 414 g/mol. The number of rotatable bonds is 4. The highest BCUT2D eigenvalue weighted by Gasteiger charge is 2.36. The van der Waals surface area contributed by atoms with Gasteiger partial charge in [-0.15, -0.1) is 0 Å². The van der Waals surface area contributed by atoms with Gasteiger partial charge < -0.3 is 9.64 Å². The van der Waals surface area contributed by atoms with Gasteiger partial charge in [-0.05, 0) is 57.2 Å². The van der Waals surface area contributed by atoms with Crippen LogP contribution in [0.2, 0.25) is 0 Å². The Balaban J connectivity index is 1.59. The van der Waals surface area contributed by atoms with E-state index in [0.29, 0.717) is 12.5 Å². The van der Waals surface area contributed by atoms with E-state index in [4.69, 9.17) is 4.74 Å². The molecule has 1 unspecified atom stereocenters.